The van der Waals surface area contributed by atoms with Crippen molar-refractivity contribution in [1.82, 2.24) is 5.32 Å². The van der Waals surface area contributed by atoms with Gasteiger partial charge >= 0.3 is 0 Å². The van der Waals surface area contributed by atoms with E-state index in [4.69, 9.17) is 10.5 Å². The van der Waals surface area contributed by atoms with Gasteiger partial charge in [-0.25, -0.2) is 0 Å². The van der Waals surface area contributed by atoms with Gasteiger partial charge in [0.1, 0.15) is 0 Å². The lowest BCUT2D eigenvalue weighted by Gasteiger charge is -2.11. The predicted octanol–water partition coefficient (Wildman–Crippen LogP) is 1.65. The van der Waals surface area contributed by atoms with E-state index >= 15 is 0 Å². The van der Waals surface area contributed by atoms with Crippen LogP contribution >= 0.6 is 0 Å². The molecule has 0 aromatic rings. The second-order valence-corrected chi connectivity index (χ2v) is 4.32. The second-order valence-electron chi connectivity index (χ2n) is 4.32. The van der Waals surface area contributed by atoms with Gasteiger partial charge < -0.3 is 15.8 Å². The highest BCUT2D eigenvalue weighted by molar-refractivity contribution is 5.77. The second kappa shape index (κ2) is 8.39. The van der Waals surface area contributed by atoms with Crippen molar-refractivity contribution < 1.29 is 4.74 Å². The number of nitrogens with two attached hydrogens (primary N) is 1. The SMILES string of the molecule is CCCN=C(N)NCCCOC1CCCC1. The molecule has 0 atom stereocenters. The molecule has 1 fully saturated rings. The van der Waals surface area contributed by atoms with Gasteiger partial charge in [-0.1, -0.05) is 19.8 Å². The Labute approximate surface area is 98.6 Å². The van der Waals surface area contributed by atoms with Gasteiger partial charge in [0.25, 0.3) is 0 Å². The third kappa shape index (κ3) is 5.95. The monoisotopic (exact) mass is 227 g/mol. The number of hydrogen-bond acceptors (Lipinski definition) is 2. The largest absolute Gasteiger partial charge is 0.378 e. The van der Waals surface area contributed by atoms with Gasteiger partial charge in [0.2, 0.25) is 0 Å². The Hall–Kier alpha value is -0.770. The van der Waals surface area contributed by atoms with Crippen LogP contribution in [0.25, 0.3) is 0 Å². The van der Waals surface area contributed by atoms with Crippen molar-refractivity contribution in [3.8, 4) is 0 Å². The topological polar surface area (TPSA) is 59.6 Å². The van der Waals surface area contributed by atoms with E-state index in [0.29, 0.717) is 12.1 Å². The highest BCUT2D eigenvalue weighted by atomic mass is 16.5. The van der Waals surface area contributed by atoms with Crippen LogP contribution in [0.1, 0.15) is 45.4 Å². The smallest absolute Gasteiger partial charge is 0.188 e. The fraction of sp³-hybridized carbons (Fsp3) is 0.917. The summed E-state index contributed by atoms with van der Waals surface area (Å²) in [5.41, 5.74) is 5.66. The first-order valence-corrected chi connectivity index (χ1v) is 6.48. The first-order chi connectivity index (χ1) is 7.83. The molecule has 0 saturated heterocycles. The maximum Gasteiger partial charge on any atom is 0.188 e. The molecule has 0 aliphatic heterocycles. The van der Waals surface area contributed by atoms with Gasteiger partial charge in [0.05, 0.1) is 6.10 Å². The summed E-state index contributed by atoms with van der Waals surface area (Å²) < 4.78 is 5.75. The molecule has 0 bridgehead atoms. The molecular weight excluding hydrogens is 202 g/mol. The summed E-state index contributed by atoms with van der Waals surface area (Å²) in [6.45, 7) is 4.58. The summed E-state index contributed by atoms with van der Waals surface area (Å²) in [6.07, 6.45) is 7.71. The van der Waals surface area contributed by atoms with E-state index in [0.717, 1.165) is 32.5 Å². The number of rotatable bonds is 7. The number of aliphatic imine (C=N–C) groups is 1. The first-order valence-electron chi connectivity index (χ1n) is 6.48. The van der Waals surface area contributed by atoms with Crippen LogP contribution in [0.4, 0.5) is 0 Å². The fourth-order valence-corrected chi connectivity index (χ4v) is 1.88. The lowest BCUT2D eigenvalue weighted by atomic mass is 10.3. The summed E-state index contributed by atoms with van der Waals surface area (Å²) >= 11 is 0. The molecule has 0 heterocycles. The third-order valence-electron chi connectivity index (χ3n) is 2.79. The molecule has 0 aromatic heterocycles. The molecule has 4 nitrogen and oxygen atoms in total. The third-order valence-corrected chi connectivity index (χ3v) is 2.79. The zero-order valence-electron chi connectivity index (χ0n) is 10.4. The Bertz CT molecular complexity index is 200. The summed E-state index contributed by atoms with van der Waals surface area (Å²) in [4.78, 5) is 4.16. The molecular formula is C12H25N3O. The molecule has 0 radical (unpaired) electrons. The Kier molecular flexibility index (Phi) is 6.97. The number of hydrogen-bond donors (Lipinski definition) is 2. The quantitative estimate of drug-likeness (QED) is 0.395. The maximum atomic E-state index is 5.75. The number of nitrogens with zero attached hydrogens (tertiary/aromatic N) is 1. The summed E-state index contributed by atoms with van der Waals surface area (Å²) in [7, 11) is 0. The van der Waals surface area contributed by atoms with Gasteiger partial charge in [0, 0.05) is 19.7 Å². The Morgan fingerprint density at radius 2 is 2.19 bits per heavy atom. The van der Waals surface area contributed by atoms with E-state index < -0.39 is 0 Å². The van der Waals surface area contributed by atoms with Crippen LogP contribution in [0.5, 0.6) is 0 Å². The van der Waals surface area contributed by atoms with Crippen molar-refractivity contribution in [3.63, 3.8) is 0 Å². The first kappa shape index (κ1) is 13.3. The van der Waals surface area contributed by atoms with E-state index in [1.54, 1.807) is 0 Å². The molecule has 4 heteroatoms. The van der Waals surface area contributed by atoms with Crippen molar-refractivity contribution in [2.45, 2.75) is 51.6 Å². The van der Waals surface area contributed by atoms with Crippen LogP contribution in [0.15, 0.2) is 4.99 Å². The van der Waals surface area contributed by atoms with E-state index in [1.807, 2.05) is 0 Å². The lowest BCUT2D eigenvalue weighted by Crippen LogP contribution is -2.33. The average Bonchev–Trinajstić information content (AvgIpc) is 2.79. The maximum absolute atomic E-state index is 5.75. The standard InChI is InChI=1S/C12H25N3O/c1-2-8-14-12(13)15-9-5-10-16-11-6-3-4-7-11/h11H,2-10H2,1H3,(H3,13,14,15). The molecule has 0 spiro atoms. The fourth-order valence-electron chi connectivity index (χ4n) is 1.88. The minimum absolute atomic E-state index is 0.520. The van der Waals surface area contributed by atoms with Crippen molar-refractivity contribution in [1.29, 1.82) is 0 Å². The van der Waals surface area contributed by atoms with Crippen LogP contribution in [-0.2, 0) is 4.74 Å². The van der Waals surface area contributed by atoms with Gasteiger partial charge in [-0.15, -0.1) is 0 Å². The molecule has 1 aliphatic carbocycles. The van der Waals surface area contributed by atoms with Crippen LogP contribution in [0.3, 0.4) is 0 Å². The molecule has 3 N–H and O–H groups in total. The molecule has 1 aliphatic rings. The van der Waals surface area contributed by atoms with Crippen molar-refractivity contribution in [2.75, 3.05) is 19.7 Å². The molecule has 1 saturated carbocycles. The Balaban J connectivity index is 1.90. The highest BCUT2D eigenvalue weighted by Crippen LogP contribution is 2.20. The van der Waals surface area contributed by atoms with Crippen LogP contribution in [0, 0.1) is 0 Å². The normalized spacial score (nSPS) is 17.9. The van der Waals surface area contributed by atoms with E-state index in [1.165, 1.54) is 25.7 Å². The van der Waals surface area contributed by atoms with E-state index in [-0.39, 0.29) is 0 Å². The molecule has 0 aromatic carbocycles. The van der Waals surface area contributed by atoms with E-state index in [2.05, 4.69) is 17.2 Å². The van der Waals surface area contributed by atoms with Crippen LogP contribution in [-0.4, -0.2) is 31.8 Å². The van der Waals surface area contributed by atoms with Crippen molar-refractivity contribution in [2.24, 2.45) is 10.7 Å². The lowest BCUT2D eigenvalue weighted by molar-refractivity contribution is 0.0574. The minimum atomic E-state index is 0.520. The molecule has 1 rings (SSSR count). The van der Waals surface area contributed by atoms with E-state index in [9.17, 15) is 0 Å². The van der Waals surface area contributed by atoms with Gasteiger partial charge in [0.15, 0.2) is 5.96 Å². The van der Waals surface area contributed by atoms with Crippen molar-refractivity contribution >= 4 is 5.96 Å². The summed E-state index contributed by atoms with van der Waals surface area (Å²) in [5.74, 6) is 0.558. The molecule has 94 valence electrons. The molecule has 16 heavy (non-hydrogen) atoms. The molecule has 0 unspecified atom stereocenters. The predicted molar refractivity (Wildman–Crippen MR) is 67.6 cm³/mol. The zero-order chi connectivity index (χ0) is 11.6. The zero-order valence-corrected chi connectivity index (χ0v) is 10.4. The summed E-state index contributed by atoms with van der Waals surface area (Å²) in [5, 5.41) is 3.09. The van der Waals surface area contributed by atoms with Gasteiger partial charge in [-0.2, -0.15) is 0 Å². The van der Waals surface area contributed by atoms with Crippen molar-refractivity contribution in [3.05, 3.63) is 0 Å². The number of nitrogens with one attached hydrogen (secondary N) is 1. The highest BCUT2D eigenvalue weighted by Gasteiger charge is 2.14. The van der Waals surface area contributed by atoms with Gasteiger partial charge in [-0.05, 0) is 25.7 Å². The number of guanidine groups is 1. The van der Waals surface area contributed by atoms with Crippen LogP contribution < -0.4 is 11.1 Å². The summed E-state index contributed by atoms with van der Waals surface area (Å²) in [6, 6.07) is 0. The Morgan fingerprint density at radius 1 is 1.44 bits per heavy atom. The minimum Gasteiger partial charge on any atom is -0.378 e. The Morgan fingerprint density at radius 3 is 2.88 bits per heavy atom. The average molecular weight is 227 g/mol. The van der Waals surface area contributed by atoms with Gasteiger partial charge in [-0.3, -0.25) is 4.99 Å². The molecule has 0 amide bonds. The number of ether oxygens (including phenoxy) is 1. The van der Waals surface area contributed by atoms with Crippen LogP contribution in [0.2, 0.25) is 0 Å².